The van der Waals surface area contributed by atoms with Gasteiger partial charge in [-0.2, -0.15) is 0 Å². The summed E-state index contributed by atoms with van der Waals surface area (Å²) in [6, 6.07) is 0.495. The van der Waals surface area contributed by atoms with Gasteiger partial charge >= 0.3 is 6.09 Å². The molecule has 0 atom stereocenters. The maximum absolute atomic E-state index is 11.7. The van der Waals surface area contributed by atoms with Crippen LogP contribution in [0, 0.1) is 5.92 Å². The zero-order valence-electron chi connectivity index (χ0n) is 11.4. The van der Waals surface area contributed by atoms with Crippen molar-refractivity contribution < 1.29 is 9.53 Å². The van der Waals surface area contributed by atoms with Crippen LogP contribution in [0.2, 0.25) is 0 Å². The summed E-state index contributed by atoms with van der Waals surface area (Å²) in [6.45, 7) is 9.59. The van der Waals surface area contributed by atoms with E-state index in [1.165, 1.54) is 0 Å². The molecular weight excluding hydrogens is 216 g/mol. The zero-order chi connectivity index (χ0) is 12.7. The smallest absolute Gasteiger partial charge is 0.409 e. The van der Waals surface area contributed by atoms with E-state index >= 15 is 0 Å². The van der Waals surface area contributed by atoms with E-state index in [1.807, 2.05) is 4.90 Å². The third-order valence-corrected chi connectivity index (χ3v) is 3.14. The average molecular weight is 242 g/mol. The van der Waals surface area contributed by atoms with E-state index in [-0.39, 0.29) is 6.09 Å². The maximum Gasteiger partial charge on any atom is 0.409 e. The van der Waals surface area contributed by atoms with Crippen molar-refractivity contribution in [2.24, 2.45) is 5.92 Å². The predicted molar refractivity (Wildman–Crippen MR) is 69.1 cm³/mol. The summed E-state index contributed by atoms with van der Waals surface area (Å²) < 4.78 is 5.25. The lowest BCUT2D eigenvalue weighted by molar-refractivity contribution is 0.0882. The van der Waals surface area contributed by atoms with Crippen molar-refractivity contribution in [3.05, 3.63) is 0 Å². The van der Waals surface area contributed by atoms with Gasteiger partial charge in [-0.05, 0) is 31.7 Å². The van der Waals surface area contributed by atoms with Crippen molar-refractivity contribution in [3.8, 4) is 0 Å². The van der Waals surface area contributed by atoms with Gasteiger partial charge in [-0.3, -0.25) is 0 Å². The van der Waals surface area contributed by atoms with Gasteiger partial charge < -0.3 is 15.0 Å². The number of amides is 1. The van der Waals surface area contributed by atoms with E-state index in [0.717, 1.165) is 44.8 Å². The highest BCUT2D eigenvalue weighted by molar-refractivity contribution is 5.67. The predicted octanol–water partition coefficient (Wildman–Crippen LogP) is 2.24. The molecule has 4 heteroatoms. The molecule has 0 saturated carbocycles. The summed E-state index contributed by atoms with van der Waals surface area (Å²) in [5.74, 6) is 0.745. The Morgan fingerprint density at radius 2 is 2.06 bits per heavy atom. The number of hydrogen-bond donors (Lipinski definition) is 1. The topological polar surface area (TPSA) is 41.6 Å². The van der Waals surface area contributed by atoms with Crippen LogP contribution in [0.4, 0.5) is 4.79 Å². The Morgan fingerprint density at radius 1 is 1.41 bits per heavy atom. The van der Waals surface area contributed by atoms with Gasteiger partial charge in [0.2, 0.25) is 0 Å². The van der Waals surface area contributed by atoms with Crippen molar-refractivity contribution in [1.82, 2.24) is 10.2 Å². The first-order chi connectivity index (χ1) is 8.09. The summed E-state index contributed by atoms with van der Waals surface area (Å²) in [4.78, 5) is 13.5. The Morgan fingerprint density at radius 3 is 2.65 bits per heavy atom. The van der Waals surface area contributed by atoms with E-state index in [2.05, 4.69) is 26.1 Å². The molecule has 100 valence electrons. The Kier molecular flexibility index (Phi) is 6.34. The monoisotopic (exact) mass is 242 g/mol. The number of piperidine rings is 1. The Balaban J connectivity index is 2.05. The van der Waals surface area contributed by atoms with E-state index in [4.69, 9.17) is 4.74 Å². The number of carbonyl (C=O) groups excluding carboxylic acids is 1. The molecule has 0 radical (unpaired) electrons. The van der Waals surface area contributed by atoms with Gasteiger partial charge in [-0.1, -0.05) is 20.8 Å². The lowest BCUT2D eigenvalue weighted by Crippen LogP contribution is -2.38. The number of nitrogens with one attached hydrogen (secondary N) is 1. The SMILES string of the molecule is CC1CCN(C(=O)OCCCNC(C)C)CC1. The van der Waals surface area contributed by atoms with Crippen molar-refractivity contribution >= 4 is 6.09 Å². The fourth-order valence-corrected chi connectivity index (χ4v) is 1.90. The molecule has 1 fully saturated rings. The molecule has 0 spiro atoms. The minimum Gasteiger partial charge on any atom is -0.449 e. The molecule has 1 rings (SSSR count). The van der Waals surface area contributed by atoms with Gasteiger partial charge in [0.15, 0.2) is 0 Å². The molecule has 4 nitrogen and oxygen atoms in total. The molecule has 0 aliphatic carbocycles. The molecule has 1 aliphatic rings. The molecule has 1 aliphatic heterocycles. The van der Waals surface area contributed by atoms with Crippen molar-refractivity contribution in [2.45, 2.75) is 46.1 Å². The summed E-state index contributed by atoms with van der Waals surface area (Å²) in [6.07, 6.45) is 2.95. The van der Waals surface area contributed by atoms with Crippen LogP contribution in [0.5, 0.6) is 0 Å². The minimum absolute atomic E-state index is 0.138. The van der Waals surface area contributed by atoms with Crippen molar-refractivity contribution in [3.63, 3.8) is 0 Å². The fourth-order valence-electron chi connectivity index (χ4n) is 1.90. The minimum atomic E-state index is -0.138. The lowest BCUT2D eigenvalue weighted by atomic mass is 10.00. The fraction of sp³-hybridized carbons (Fsp3) is 0.923. The van der Waals surface area contributed by atoms with Gasteiger partial charge in [0, 0.05) is 19.1 Å². The second-order valence-electron chi connectivity index (χ2n) is 5.25. The maximum atomic E-state index is 11.7. The van der Waals surface area contributed by atoms with Gasteiger partial charge in [0.25, 0.3) is 0 Å². The van der Waals surface area contributed by atoms with Crippen LogP contribution in [-0.4, -0.2) is 43.3 Å². The van der Waals surface area contributed by atoms with Gasteiger partial charge in [-0.15, -0.1) is 0 Å². The molecule has 1 amide bonds. The average Bonchev–Trinajstić information content (AvgIpc) is 2.29. The molecule has 0 bridgehead atoms. The van der Waals surface area contributed by atoms with Crippen LogP contribution in [-0.2, 0) is 4.74 Å². The summed E-state index contributed by atoms with van der Waals surface area (Å²) in [7, 11) is 0. The molecule has 1 saturated heterocycles. The summed E-state index contributed by atoms with van der Waals surface area (Å²) in [5, 5.41) is 3.30. The largest absolute Gasteiger partial charge is 0.449 e. The number of hydrogen-bond acceptors (Lipinski definition) is 3. The highest BCUT2D eigenvalue weighted by atomic mass is 16.6. The quantitative estimate of drug-likeness (QED) is 0.752. The second-order valence-corrected chi connectivity index (χ2v) is 5.25. The lowest BCUT2D eigenvalue weighted by Gasteiger charge is -2.29. The molecule has 0 aromatic rings. The third kappa shape index (κ3) is 5.91. The molecule has 0 unspecified atom stereocenters. The Hall–Kier alpha value is -0.770. The Bertz CT molecular complexity index is 223. The Labute approximate surface area is 105 Å². The zero-order valence-corrected chi connectivity index (χ0v) is 11.4. The van der Waals surface area contributed by atoms with Crippen molar-refractivity contribution in [1.29, 1.82) is 0 Å². The molecule has 1 heterocycles. The summed E-state index contributed by atoms with van der Waals surface area (Å²) >= 11 is 0. The number of likely N-dealkylation sites (tertiary alicyclic amines) is 1. The third-order valence-electron chi connectivity index (χ3n) is 3.14. The number of rotatable bonds is 5. The summed E-state index contributed by atoms with van der Waals surface area (Å²) in [5.41, 5.74) is 0. The van der Waals surface area contributed by atoms with Crippen LogP contribution in [0.25, 0.3) is 0 Å². The first-order valence-corrected chi connectivity index (χ1v) is 6.74. The number of carbonyl (C=O) groups is 1. The van der Waals surface area contributed by atoms with Gasteiger partial charge in [0.05, 0.1) is 6.61 Å². The normalized spacial score (nSPS) is 17.5. The van der Waals surface area contributed by atoms with Crippen LogP contribution in [0.3, 0.4) is 0 Å². The van der Waals surface area contributed by atoms with E-state index < -0.39 is 0 Å². The van der Waals surface area contributed by atoms with Gasteiger partial charge in [0.1, 0.15) is 0 Å². The standard InChI is InChI=1S/C13H26N2O2/c1-11(2)14-7-4-10-17-13(16)15-8-5-12(3)6-9-15/h11-12,14H,4-10H2,1-3H3. The van der Waals surface area contributed by atoms with E-state index in [1.54, 1.807) is 0 Å². The number of ether oxygens (including phenoxy) is 1. The molecular formula is C13H26N2O2. The molecule has 1 N–H and O–H groups in total. The van der Waals surface area contributed by atoms with Crippen LogP contribution in [0.1, 0.15) is 40.0 Å². The molecule has 17 heavy (non-hydrogen) atoms. The first kappa shape index (κ1) is 14.3. The highest BCUT2D eigenvalue weighted by Crippen LogP contribution is 2.16. The number of nitrogens with zero attached hydrogens (tertiary/aromatic N) is 1. The van der Waals surface area contributed by atoms with Crippen LogP contribution >= 0.6 is 0 Å². The second kappa shape index (κ2) is 7.54. The van der Waals surface area contributed by atoms with E-state index in [0.29, 0.717) is 12.6 Å². The van der Waals surface area contributed by atoms with Crippen molar-refractivity contribution in [2.75, 3.05) is 26.2 Å². The van der Waals surface area contributed by atoms with Gasteiger partial charge in [-0.25, -0.2) is 4.79 Å². The first-order valence-electron chi connectivity index (χ1n) is 6.74. The van der Waals surface area contributed by atoms with Crippen LogP contribution < -0.4 is 5.32 Å². The van der Waals surface area contributed by atoms with E-state index in [9.17, 15) is 4.79 Å². The van der Waals surface area contributed by atoms with Crippen LogP contribution in [0.15, 0.2) is 0 Å². The highest BCUT2D eigenvalue weighted by Gasteiger charge is 2.20. The molecule has 0 aromatic carbocycles. The molecule has 0 aromatic heterocycles.